The maximum Gasteiger partial charge on any atom is 0.174 e. The van der Waals surface area contributed by atoms with E-state index < -0.39 is 6.10 Å². The summed E-state index contributed by atoms with van der Waals surface area (Å²) in [4.78, 5) is 13.3. The zero-order valence-electron chi connectivity index (χ0n) is 20.1. The van der Waals surface area contributed by atoms with E-state index in [-0.39, 0.29) is 29.3 Å². The van der Waals surface area contributed by atoms with E-state index in [1.165, 1.54) is 13.2 Å². The van der Waals surface area contributed by atoms with Gasteiger partial charge in [-0.1, -0.05) is 29.4 Å². The minimum Gasteiger partial charge on any atom is -0.507 e. The number of phenolic OH excluding ortho intramolecular Hbond substituents is 2. The van der Waals surface area contributed by atoms with Gasteiger partial charge in [0.2, 0.25) is 0 Å². The first-order chi connectivity index (χ1) is 15.7. The molecule has 33 heavy (non-hydrogen) atoms. The second-order valence-electron chi connectivity index (χ2n) is 8.68. The van der Waals surface area contributed by atoms with E-state index in [1.807, 2.05) is 39.8 Å². The van der Waals surface area contributed by atoms with E-state index >= 15 is 0 Å². The summed E-state index contributed by atoms with van der Waals surface area (Å²) < 4.78 is 17.2. The van der Waals surface area contributed by atoms with E-state index in [2.05, 4.69) is 0 Å². The smallest absolute Gasteiger partial charge is 0.174 e. The molecule has 0 saturated carbocycles. The molecule has 6 nitrogen and oxygen atoms in total. The van der Waals surface area contributed by atoms with Crippen LogP contribution >= 0.6 is 0 Å². The molecule has 0 spiro atoms. The number of phenols is 2. The molecule has 0 fully saturated rings. The molecule has 6 heteroatoms. The van der Waals surface area contributed by atoms with Gasteiger partial charge in [0.05, 0.1) is 20.6 Å². The molecule has 176 valence electrons. The lowest BCUT2D eigenvalue weighted by Gasteiger charge is -2.30. The molecule has 1 heterocycles. The number of rotatable bonds is 7. The second kappa shape index (κ2) is 10.0. The molecule has 0 saturated heterocycles. The van der Waals surface area contributed by atoms with Gasteiger partial charge >= 0.3 is 0 Å². The van der Waals surface area contributed by atoms with Gasteiger partial charge in [0.25, 0.3) is 0 Å². The largest absolute Gasteiger partial charge is 0.507 e. The summed E-state index contributed by atoms with van der Waals surface area (Å²) in [6.07, 6.45) is 4.39. The number of ether oxygens (including phenoxy) is 3. The molecule has 1 aliphatic heterocycles. The zero-order valence-corrected chi connectivity index (χ0v) is 20.1. The molecule has 2 aromatic carbocycles. The van der Waals surface area contributed by atoms with E-state index in [0.717, 1.165) is 16.7 Å². The Hall–Kier alpha value is -3.41. The second-order valence-corrected chi connectivity index (χ2v) is 8.68. The average Bonchev–Trinajstić information content (AvgIpc) is 2.76. The van der Waals surface area contributed by atoms with Gasteiger partial charge in [-0.25, -0.2) is 0 Å². The summed E-state index contributed by atoms with van der Waals surface area (Å²) in [5.74, 6) is 0.856. The van der Waals surface area contributed by atoms with Gasteiger partial charge in [0.15, 0.2) is 17.3 Å². The number of ketones is 1. The Morgan fingerprint density at radius 3 is 2.21 bits per heavy atom. The standard InChI is InChI=1S/C27H32O6/c1-15(2)7-10-18-25(30)24-21(29)14-23(17-9-12-22(31-5)20(28)13-17)33-27(24)19(26(18)32-6)11-8-16(3)4/h7-9,12-13,23,28,30H,10-11,14H2,1-6H3/t23-/m0/s1. The Morgan fingerprint density at radius 2 is 1.67 bits per heavy atom. The average molecular weight is 453 g/mol. The third kappa shape index (κ3) is 5.00. The summed E-state index contributed by atoms with van der Waals surface area (Å²) in [5.41, 5.74) is 4.35. The summed E-state index contributed by atoms with van der Waals surface area (Å²) in [6.45, 7) is 7.96. The molecule has 0 radical (unpaired) electrons. The van der Waals surface area contributed by atoms with E-state index in [9.17, 15) is 15.0 Å². The van der Waals surface area contributed by atoms with Crippen molar-refractivity contribution in [1.82, 2.24) is 0 Å². The highest BCUT2D eigenvalue weighted by atomic mass is 16.5. The van der Waals surface area contributed by atoms with Crippen LogP contribution in [0.2, 0.25) is 0 Å². The van der Waals surface area contributed by atoms with Crippen LogP contribution in [0.4, 0.5) is 0 Å². The third-order valence-corrected chi connectivity index (χ3v) is 5.69. The van der Waals surface area contributed by atoms with Gasteiger partial charge in [-0.2, -0.15) is 0 Å². The van der Waals surface area contributed by atoms with Crippen molar-refractivity contribution >= 4 is 5.78 Å². The van der Waals surface area contributed by atoms with Crippen molar-refractivity contribution in [2.24, 2.45) is 0 Å². The first kappa shape index (κ1) is 24.2. The lowest BCUT2D eigenvalue weighted by Crippen LogP contribution is -2.22. The lowest BCUT2D eigenvalue weighted by atomic mass is 9.89. The Bertz CT molecular complexity index is 1120. The van der Waals surface area contributed by atoms with Gasteiger partial charge in [-0.15, -0.1) is 0 Å². The Balaban J connectivity index is 2.19. The number of allylic oxidation sites excluding steroid dienone is 4. The number of methoxy groups -OCH3 is 2. The molecule has 0 unspecified atom stereocenters. The first-order valence-electron chi connectivity index (χ1n) is 11.0. The molecule has 2 aromatic rings. The normalized spacial score (nSPS) is 14.7. The van der Waals surface area contributed by atoms with Gasteiger partial charge < -0.3 is 24.4 Å². The number of hydrogen-bond acceptors (Lipinski definition) is 6. The van der Waals surface area contributed by atoms with Crippen molar-refractivity contribution in [3.63, 3.8) is 0 Å². The number of aromatic hydroxyl groups is 2. The van der Waals surface area contributed by atoms with Gasteiger partial charge in [-0.05, 0) is 58.2 Å². The van der Waals surface area contributed by atoms with Crippen molar-refractivity contribution in [1.29, 1.82) is 0 Å². The first-order valence-corrected chi connectivity index (χ1v) is 11.0. The van der Waals surface area contributed by atoms with Crippen LogP contribution in [0.3, 0.4) is 0 Å². The van der Waals surface area contributed by atoms with Crippen molar-refractivity contribution < 1.29 is 29.2 Å². The van der Waals surface area contributed by atoms with Crippen LogP contribution in [0.15, 0.2) is 41.5 Å². The highest BCUT2D eigenvalue weighted by molar-refractivity contribution is 6.04. The predicted molar refractivity (Wildman–Crippen MR) is 128 cm³/mol. The van der Waals surface area contributed by atoms with Crippen molar-refractivity contribution in [3.05, 3.63) is 63.8 Å². The van der Waals surface area contributed by atoms with E-state index in [4.69, 9.17) is 14.2 Å². The van der Waals surface area contributed by atoms with Crippen LogP contribution in [0, 0.1) is 0 Å². The van der Waals surface area contributed by atoms with Gasteiger partial charge in [0.1, 0.15) is 28.9 Å². The molecular weight excluding hydrogens is 420 g/mol. The summed E-state index contributed by atoms with van der Waals surface area (Å²) in [5, 5.41) is 21.3. The minimum absolute atomic E-state index is 0.0286. The number of hydrogen-bond donors (Lipinski definition) is 2. The van der Waals surface area contributed by atoms with Crippen molar-refractivity contribution in [2.45, 2.75) is 53.1 Å². The minimum atomic E-state index is -0.611. The zero-order chi connectivity index (χ0) is 24.3. The summed E-state index contributed by atoms with van der Waals surface area (Å²) in [6, 6.07) is 4.94. The molecular formula is C27H32O6. The van der Waals surface area contributed by atoms with Crippen molar-refractivity contribution in [3.8, 4) is 28.7 Å². The monoisotopic (exact) mass is 452 g/mol. The highest BCUT2D eigenvalue weighted by Crippen LogP contribution is 2.49. The Morgan fingerprint density at radius 1 is 1.03 bits per heavy atom. The number of Topliss-reactive ketones (excluding diaryl/α,β-unsaturated/α-hetero) is 1. The fraction of sp³-hybridized carbons (Fsp3) is 0.370. The molecule has 1 aliphatic rings. The fourth-order valence-corrected chi connectivity index (χ4v) is 3.97. The third-order valence-electron chi connectivity index (χ3n) is 5.69. The fourth-order valence-electron chi connectivity index (χ4n) is 3.97. The van der Waals surface area contributed by atoms with Crippen LogP contribution < -0.4 is 14.2 Å². The predicted octanol–water partition coefficient (Wildman–Crippen LogP) is 5.84. The summed E-state index contributed by atoms with van der Waals surface area (Å²) in [7, 11) is 3.03. The Kier molecular flexibility index (Phi) is 7.36. The maximum absolute atomic E-state index is 13.3. The summed E-state index contributed by atoms with van der Waals surface area (Å²) >= 11 is 0. The van der Waals surface area contributed by atoms with Crippen LogP contribution in [0.25, 0.3) is 0 Å². The molecule has 2 N–H and O–H groups in total. The quantitative estimate of drug-likeness (QED) is 0.514. The molecule has 0 amide bonds. The van der Waals surface area contributed by atoms with Crippen LogP contribution in [0.1, 0.15) is 67.3 Å². The number of fused-ring (bicyclic) bond motifs is 1. The number of benzene rings is 2. The SMILES string of the molecule is COc1ccc([C@@H]2CC(=O)c3c(O)c(CC=C(C)C)c(OC)c(CC=C(C)C)c3O2)cc1O. The topological polar surface area (TPSA) is 85.2 Å². The molecule has 0 bridgehead atoms. The highest BCUT2D eigenvalue weighted by Gasteiger charge is 2.36. The van der Waals surface area contributed by atoms with Gasteiger partial charge in [-0.3, -0.25) is 4.79 Å². The van der Waals surface area contributed by atoms with Crippen LogP contribution in [-0.4, -0.2) is 30.2 Å². The molecule has 0 aromatic heterocycles. The van der Waals surface area contributed by atoms with E-state index in [1.54, 1.807) is 19.2 Å². The van der Waals surface area contributed by atoms with Crippen LogP contribution in [-0.2, 0) is 12.8 Å². The molecule has 0 aliphatic carbocycles. The number of carbonyl (C=O) groups is 1. The van der Waals surface area contributed by atoms with Crippen molar-refractivity contribution in [2.75, 3.05) is 14.2 Å². The number of carbonyl (C=O) groups excluding carboxylic acids is 1. The lowest BCUT2D eigenvalue weighted by molar-refractivity contribution is 0.0841. The van der Waals surface area contributed by atoms with Gasteiger partial charge in [0, 0.05) is 11.1 Å². The maximum atomic E-state index is 13.3. The Labute approximate surface area is 195 Å². The van der Waals surface area contributed by atoms with E-state index in [0.29, 0.717) is 41.2 Å². The molecule has 1 atom stereocenters. The molecule has 3 rings (SSSR count). The van der Waals surface area contributed by atoms with Crippen LogP contribution in [0.5, 0.6) is 28.7 Å².